The number of benzene rings is 3. The molecule has 0 amide bonds. The van der Waals surface area contributed by atoms with E-state index in [2.05, 4.69) is 9.44 Å². The van der Waals surface area contributed by atoms with Gasteiger partial charge in [-0.2, -0.15) is 0 Å². The second-order valence-corrected chi connectivity index (χ2v) is 9.77. The van der Waals surface area contributed by atoms with Gasteiger partial charge >= 0.3 is 0 Å². The molecule has 0 aliphatic rings. The monoisotopic (exact) mass is 484 g/mol. The van der Waals surface area contributed by atoms with Crippen molar-refractivity contribution in [3.05, 3.63) is 72.3 Å². The zero-order chi connectivity index (χ0) is 23.5. The predicted octanol–water partition coefficient (Wildman–Crippen LogP) is 3.58. The maximum Gasteiger partial charge on any atom is 0.262 e. The largest absolute Gasteiger partial charge is 0.497 e. The van der Waals surface area contributed by atoms with Gasteiger partial charge in [-0.15, -0.1) is 0 Å². The van der Waals surface area contributed by atoms with Gasteiger partial charge in [0.15, 0.2) is 0 Å². The van der Waals surface area contributed by atoms with Crippen LogP contribution in [0.25, 0.3) is 0 Å². The summed E-state index contributed by atoms with van der Waals surface area (Å²) in [4.78, 5) is -0.959. The molecular weight excluding hydrogens is 466 g/mol. The molecule has 0 bridgehead atoms. The molecular formula is C20H18F2N2O6S2. The lowest BCUT2D eigenvalue weighted by Gasteiger charge is -2.14. The number of sulfonamides is 2. The molecule has 3 rings (SSSR count). The van der Waals surface area contributed by atoms with Gasteiger partial charge in [-0.25, -0.2) is 25.6 Å². The number of anilines is 2. The van der Waals surface area contributed by atoms with E-state index in [1.165, 1.54) is 38.5 Å². The van der Waals surface area contributed by atoms with E-state index in [4.69, 9.17) is 9.47 Å². The highest BCUT2D eigenvalue weighted by atomic mass is 32.2. The van der Waals surface area contributed by atoms with Crippen molar-refractivity contribution in [2.24, 2.45) is 0 Å². The SMILES string of the molecule is COc1ccc(NS(=O)(=O)c2ccc(OC)c(NS(=O)(=O)c3cc(F)cc(F)c3)c2)cc1. The first-order valence-corrected chi connectivity index (χ1v) is 11.8. The van der Waals surface area contributed by atoms with Crippen LogP contribution in [0.4, 0.5) is 20.2 Å². The highest BCUT2D eigenvalue weighted by Gasteiger charge is 2.22. The number of ether oxygens (including phenoxy) is 2. The molecule has 0 radical (unpaired) electrons. The summed E-state index contributed by atoms with van der Waals surface area (Å²) in [5, 5.41) is 0. The quantitative estimate of drug-likeness (QED) is 0.506. The molecule has 12 heteroatoms. The Labute approximate surface area is 183 Å². The van der Waals surface area contributed by atoms with Gasteiger partial charge in [0.2, 0.25) is 0 Å². The Morgan fingerprint density at radius 2 is 1.28 bits per heavy atom. The van der Waals surface area contributed by atoms with E-state index in [9.17, 15) is 25.6 Å². The summed E-state index contributed by atoms with van der Waals surface area (Å²) in [5.41, 5.74) is 0.00811. The van der Waals surface area contributed by atoms with Crippen LogP contribution in [0.1, 0.15) is 0 Å². The standard InChI is InChI=1S/C20H18F2N2O6S2/c1-29-16-5-3-15(4-6-16)23-31(25,26)17-7-8-20(30-2)19(12-17)24-32(27,28)18-10-13(21)9-14(22)11-18/h3-12,23-24H,1-2H3. The van der Waals surface area contributed by atoms with Crippen LogP contribution in [0.15, 0.2) is 70.5 Å². The molecule has 2 N–H and O–H groups in total. The van der Waals surface area contributed by atoms with Gasteiger partial charge < -0.3 is 9.47 Å². The molecule has 0 atom stereocenters. The van der Waals surface area contributed by atoms with Crippen molar-refractivity contribution in [3.63, 3.8) is 0 Å². The van der Waals surface area contributed by atoms with Gasteiger partial charge in [-0.3, -0.25) is 9.44 Å². The van der Waals surface area contributed by atoms with Gasteiger partial charge in [0.1, 0.15) is 23.1 Å². The van der Waals surface area contributed by atoms with Crippen LogP contribution in [-0.4, -0.2) is 31.1 Å². The van der Waals surface area contributed by atoms with Crippen molar-refractivity contribution < 1.29 is 35.1 Å². The highest BCUT2D eigenvalue weighted by Crippen LogP contribution is 2.31. The molecule has 0 aliphatic carbocycles. The van der Waals surface area contributed by atoms with Crippen molar-refractivity contribution in [1.29, 1.82) is 0 Å². The number of hydrogen-bond acceptors (Lipinski definition) is 6. The van der Waals surface area contributed by atoms with Gasteiger partial charge in [-0.05, 0) is 54.6 Å². The predicted molar refractivity (Wildman–Crippen MR) is 114 cm³/mol. The van der Waals surface area contributed by atoms with E-state index >= 15 is 0 Å². The van der Waals surface area contributed by atoms with E-state index < -0.39 is 36.6 Å². The van der Waals surface area contributed by atoms with Crippen molar-refractivity contribution >= 4 is 31.4 Å². The molecule has 170 valence electrons. The number of hydrogen-bond donors (Lipinski definition) is 2. The Morgan fingerprint density at radius 3 is 1.84 bits per heavy atom. The smallest absolute Gasteiger partial charge is 0.262 e. The summed E-state index contributed by atoms with van der Waals surface area (Å²) in [6.45, 7) is 0. The van der Waals surface area contributed by atoms with Crippen LogP contribution >= 0.6 is 0 Å². The number of halogens is 2. The minimum Gasteiger partial charge on any atom is -0.497 e. The van der Waals surface area contributed by atoms with Crippen LogP contribution in [-0.2, 0) is 20.0 Å². The molecule has 0 spiro atoms. The minimum absolute atomic E-state index is 0.00570. The van der Waals surface area contributed by atoms with Crippen LogP contribution in [0.5, 0.6) is 11.5 Å². The van der Waals surface area contributed by atoms with Crippen LogP contribution in [0, 0.1) is 11.6 Å². The van der Waals surface area contributed by atoms with Gasteiger partial charge in [0, 0.05) is 11.8 Å². The first-order valence-electron chi connectivity index (χ1n) is 8.88. The van der Waals surface area contributed by atoms with Crippen molar-refractivity contribution in [3.8, 4) is 11.5 Å². The minimum atomic E-state index is -4.46. The molecule has 3 aromatic carbocycles. The summed E-state index contributed by atoms with van der Waals surface area (Å²) >= 11 is 0. The molecule has 0 aliphatic heterocycles. The van der Waals surface area contributed by atoms with Crippen LogP contribution < -0.4 is 18.9 Å². The molecule has 0 fully saturated rings. The Bertz CT molecular complexity index is 1320. The van der Waals surface area contributed by atoms with E-state index in [-0.39, 0.29) is 22.0 Å². The molecule has 0 heterocycles. The lowest BCUT2D eigenvalue weighted by atomic mass is 10.3. The van der Waals surface area contributed by atoms with E-state index in [1.54, 1.807) is 12.1 Å². The van der Waals surface area contributed by atoms with Gasteiger partial charge in [-0.1, -0.05) is 0 Å². The van der Waals surface area contributed by atoms with Crippen LogP contribution in [0.2, 0.25) is 0 Å². The first-order chi connectivity index (χ1) is 15.0. The highest BCUT2D eigenvalue weighted by molar-refractivity contribution is 7.93. The van der Waals surface area contributed by atoms with E-state index in [0.717, 1.165) is 6.07 Å². The first kappa shape index (κ1) is 23.3. The summed E-state index contributed by atoms with van der Waals surface area (Å²) in [6.07, 6.45) is 0. The van der Waals surface area contributed by atoms with Gasteiger partial charge in [0.25, 0.3) is 20.0 Å². The Kier molecular flexibility index (Phi) is 6.55. The van der Waals surface area contributed by atoms with Crippen LogP contribution in [0.3, 0.4) is 0 Å². The fourth-order valence-corrected chi connectivity index (χ4v) is 4.88. The topological polar surface area (TPSA) is 111 Å². The van der Waals surface area contributed by atoms with E-state index in [0.29, 0.717) is 23.9 Å². The molecule has 3 aromatic rings. The van der Waals surface area contributed by atoms with E-state index in [1.807, 2.05) is 0 Å². The summed E-state index contributed by atoms with van der Waals surface area (Å²) in [5.74, 6) is -1.65. The zero-order valence-electron chi connectivity index (χ0n) is 16.8. The second kappa shape index (κ2) is 9.01. The van der Waals surface area contributed by atoms with Crippen molar-refractivity contribution in [2.75, 3.05) is 23.7 Å². The lowest BCUT2D eigenvalue weighted by Crippen LogP contribution is -2.16. The number of rotatable bonds is 8. The Balaban J connectivity index is 1.95. The molecule has 0 unspecified atom stereocenters. The van der Waals surface area contributed by atoms with Crippen molar-refractivity contribution in [1.82, 2.24) is 0 Å². The Hall–Kier alpha value is -3.38. The van der Waals surface area contributed by atoms with Gasteiger partial charge in [0.05, 0.1) is 29.7 Å². The maximum absolute atomic E-state index is 13.5. The third-order valence-electron chi connectivity index (χ3n) is 4.21. The second-order valence-electron chi connectivity index (χ2n) is 6.41. The number of nitrogens with one attached hydrogen (secondary N) is 2. The fourth-order valence-electron chi connectivity index (χ4n) is 2.69. The molecule has 0 aromatic heterocycles. The van der Waals surface area contributed by atoms with Crippen molar-refractivity contribution in [2.45, 2.75) is 9.79 Å². The zero-order valence-corrected chi connectivity index (χ0v) is 18.4. The third-order valence-corrected chi connectivity index (χ3v) is 6.94. The normalized spacial score (nSPS) is 11.6. The fraction of sp³-hybridized carbons (Fsp3) is 0.100. The third kappa shape index (κ3) is 5.26. The average molecular weight is 485 g/mol. The summed E-state index contributed by atoms with van der Waals surface area (Å²) in [6, 6.07) is 11.4. The molecule has 0 saturated heterocycles. The maximum atomic E-state index is 13.5. The summed E-state index contributed by atoms with van der Waals surface area (Å²) < 4.78 is 92.3. The molecule has 8 nitrogen and oxygen atoms in total. The Morgan fingerprint density at radius 1 is 0.688 bits per heavy atom. The molecule has 32 heavy (non-hydrogen) atoms. The average Bonchev–Trinajstić information content (AvgIpc) is 2.73. The number of methoxy groups -OCH3 is 2. The lowest BCUT2D eigenvalue weighted by molar-refractivity contribution is 0.415. The summed E-state index contributed by atoms with van der Waals surface area (Å²) in [7, 11) is -5.86. The molecule has 0 saturated carbocycles.